The zero-order valence-corrected chi connectivity index (χ0v) is 88.7. The first kappa shape index (κ1) is 122. The molecule has 4 N–H and O–H groups in total. The number of halogens is 4. The van der Waals surface area contributed by atoms with Crippen molar-refractivity contribution in [3.05, 3.63) is 165 Å². The summed E-state index contributed by atoms with van der Waals surface area (Å²) in [4.78, 5) is 167. The Kier molecular flexibility index (Phi) is 49.2. The summed E-state index contributed by atoms with van der Waals surface area (Å²) in [7, 11) is 29.7. The number of pyridine rings is 6. The van der Waals surface area contributed by atoms with Crippen LogP contribution in [0.15, 0.2) is 103 Å². The molecule has 10 heterocycles. The third kappa shape index (κ3) is 37.8. The lowest BCUT2D eigenvalue weighted by molar-refractivity contribution is -0.192. The molecule has 9 amide bonds. The van der Waals surface area contributed by atoms with Crippen molar-refractivity contribution in [2.45, 2.75) is 116 Å². The number of carbonyl (C=O) groups excluding carboxylic acids is 9. The van der Waals surface area contributed by atoms with Gasteiger partial charge in [-0.1, -0.05) is 64.5 Å². The Morgan fingerprint density at radius 1 is 0.486 bits per heavy atom. The summed E-state index contributed by atoms with van der Waals surface area (Å²) in [6.45, 7) is 20.7. The van der Waals surface area contributed by atoms with E-state index in [1.165, 1.54) is 75.5 Å². The first-order chi connectivity index (χ1) is 69.1. The van der Waals surface area contributed by atoms with Crippen molar-refractivity contribution >= 4 is 117 Å². The number of alkyl halides is 4. The fourth-order valence-electron chi connectivity index (χ4n) is 13.9. The number of likely N-dealkylation sites (N-methyl/N-ethyl adjacent to an activating group) is 4. The fraction of sp³-hybridized carbons (Fsp3) is 0.515. The van der Waals surface area contributed by atoms with E-state index < -0.39 is 72.8 Å². The first-order valence-corrected chi connectivity index (χ1v) is 46.9. The molecule has 0 radical (unpaired) electrons. The topological polar surface area (TPSA) is 478 Å². The number of amides is 9. The van der Waals surface area contributed by atoms with Gasteiger partial charge in [-0.15, -0.1) is 0 Å². The van der Waals surface area contributed by atoms with Crippen LogP contribution < -0.4 is 40.3 Å². The maximum Gasteiger partial charge on any atom is 0.490 e. The summed E-state index contributed by atoms with van der Waals surface area (Å²) in [6.07, 6.45) is -7.26. The molecule has 4 saturated heterocycles. The molecule has 4 aliphatic heterocycles. The lowest BCUT2D eigenvalue weighted by Gasteiger charge is -2.33. The van der Waals surface area contributed by atoms with Crippen molar-refractivity contribution in [1.29, 1.82) is 5.26 Å². The number of urea groups is 1. The number of ether oxygens (including phenoxy) is 12. The maximum atomic E-state index is 12.8. The van der Waals surface area contributed by atoms with Crippen LogP contribution in [0.3, 0.4) is 0 Å². The van der Waals surface area contributed by atoms with E-state index >= 15 is 0 Å². The highest BCUT2D eigenvalue weighted by molar-refractivity contribution is 9.08. The average molecular weight is 2120 g/mol. The summed E-state index contributed by atoms with van der Waals surface area (Å²) in [6, 6.07) is 29.8. The van der Waals surface area contributed by atoms with Gasteiger partial charge in [-0.05, 0) is 134 Å². The van der Waals surface area contributed by atoms with Gasteiger partial charge in [0.2, 0.25) is 48.8 Å². The number of nitrogens with zero attached hydrogens (tertiary/aromatic N) is 19. The number of hydrogen-bond donors (Lipinski definition) is 4. The number of para-hydroxylation sites is 1. The second-order valence-corrected chi connectivity index (χ2v) is 35.8. The summed E-state index contributed by atoms with van der Waals surface area (Å²) < 4.78 is 95.7. The van der Waals surface area contributed by atoms with Crippen LogP contribution in [-0.2, 0) is 108 Å². The molecule has 4 fully saturated rings. The number of aliphatic carboxylic acids is 1. The number of piperazine rings is 4. The summed E-state index contributed by atoms with van der Waals surface area (Å²) >= 11 is 3.41. The number of aldehydes is 1. The SMILES string of the molecule is CNc1ccc(CN2CCN(C)CC2=O)c(C(OC)OC)n1.COC(OC)c1nc(N(C)C(=O)OC(C)(C)C)ccc1CBr.COC(OC)c1nc(N(C)C(=O)OC(C)(C)C)ccc1CN1CCN(C)CC1=O.COC(OC)c1nc(N(C)C(=O)Oc2ccccc2)ccc1CN1CCN(C)CC1=O.COCCNc1cc(NC(=O)N(C)c2ccc(CN3CCN(C)CC3=O)c(C=O)n2)ncc1C#N.O=C(O)C(F)(F)F. The first-order valence-electron chi connectivity index (χ1n) is 45.8. The number of aromatic nitrogens is 6. The molecule has 0 unspecified atom stereocenters. The van der Waals surface area contributed by atoms with Crippen molar-refractivity contribution in [3.8, 4) is 11.8 Å². The molecule has 45 nitrogen and oxygen atoms in total. The van der Waals surface area contributed by atoms with Crippen LogP contribution in [-0.4, -0.2) is 371 Å². The van der Waals surface area contributed by atoms with Gasteiger partial charge in [-0.25, -0.2) is 53.9 Å². The lowest BCUT2D eigenvalue weighted by atomic mass is 10.1. The van der Waals surface area contributed by atoms with Gasteiger partial charge < -0.3 is 92.2 Å². The number of nitrogens with one attached hydrogen (secondary N) is 3. The monoisotopic (exact) mass is 2110 g/mol. The molecule has 0 bridgehead atoms. The molecule has 0 saturated carbocycles. The molecule has 4 aliphatic rings. The Balaban J connectivity index is 0.000000277. The summed E-state index contributed by atoms with van der Waals surface area (Å²) in [5, 5.41) is 25.7. The Hall–Kier alpha value is -12.9. The van der Waals surface area contributed by atoms with Crippen LogP contribution in [0.5, 0.6) is 5.75 Å². The minimum atomic E-state index is -5.08. The predicted molar refractivity (Wildman–Crippen MR) is 538 cm³/mol. The number of hydrogen-bond acceptors (Lipinski definition) is 35. The quantitative estimate of drug-likeness (QED) is 0.0128. The normalized spacial score (nSPS) is 14.3. The van der Waals surface area contributed by atoms with E-state index in [1.54, 1.807) is 139 Å². The number of rotatable bonds is 33. The van der Waals surface area contributed by atoms with Gasteiger partial charge in [0, 0.05) is 207 Å². The Labute approximate surface area is 857 Å². The molecule has 11 rings (SSSR count). The van der Waals surface area contributed by atoms with E-state index in [-0.39, 0.29) is 47.5 Å². The van der Waals surface area contributed by atoms with Gasteiger partial charge in [0.15, 0.2) is 6.29 Å². The number of anilines is 7. The van der Waals surface area contributed by atoms with Crippen molar-refractivity contribution < 1.29 is 123 Å². The Bertz CT molecular complexity index is 5500. The van der Waals surface area contributed by atoms with Gasteiger partial charge in [0.1, 0.15) is 86.4 Å². The molecular weight excluding hydrogens is 1980 g/mol. The molecule has 6 aromatic heterocycles. The van der Waals surface area contributed by atoms with Crippen LogP contribution in [0.2, 0.25) is 0 Å². The lowest BCUT2D eigenvalue weighted by Crippen LogP contribution is -2.48. The van der Waals surface area contributed by atoms with Crippen molar-refractivity contribution in [3.63, 3.8) is 0 Å². The van der Waals surface area contributed by atoms with Crippen LogP contribution in [0.1, 0.15) is 133 Å². The third-order valence-corrected chi connectivity index (χ3v) is 22.6. The van der Waals surface area contributed by atoms with Crippen molar-refractivity contribution in [2.75, 3.05) is 255 Å². The van der Waals surface area contributed by atoms with Gasteiger partial charge in [-0.2, -0.15) is 18.4 Å². The number of nitriles is 1. The van der Waals surface area contributed by atoms with Crippen molar-refractivity contribution in [1.82, 2.24) is 69.1 Å². The van der Waals surface area contributed by atoms with E-state index in [0.29, 0.717) is 160 Å². The minimum absolute atomic E-state index is 0.0119. The second-order valence-electron chi connectivity index (χ2n) is 35.3. The van der Waals surface area contributed by atoms with Crippen molar-refractivity contribution in [2.24, 2.45) is 0 Å². The van der Waals surface area contributed by atoms with Gasteiger partial charge in [0.05, 0.1) is 44.0 Å². The van der Waals surface area contributed by atoms with Crippen LogP contribution >= 0.6 is 15.9 Å². The van der Waals surface area contributed by atoms with Crippen LogP contribution in [0, 0.1) is 11.3 Å². The highest BCUT2D eigenvalue weighted by Crippen LogP contribution is 2.33. The predicted octanol–water partition coefficient (Wildman–Crippen LogP) is 10.4. The minimum Gasteiger partial charge on any atom is -0.475 e. The standard InChI is InChI=1S/C23H28N8O4.C22H28N4O5.C20H32N4O5.C15H23BrN2O4.C15H24N4O3.C2HF3O2/c1-29-7-8-31(22(33)14-29)13-16-4-5-21(27-19(16)15-32)30(2)23(34)28-20-10-18(25-6-9-35-3)17(11-24)12-26-20;1-24-12-13-26(19(27)15-24)14-16-10-11-18(23-20(16)21(29-3)30-4)25(2)22(28)31-17-8-6-5-7-9-17;1-20(2,3)29-19(26)23(5)15-9-8-14(17(21-15)18(27-6)28-7)12-24-11-10-22(4)13-16(24)25;1-15(2,3)22-14(19)18(4)11-8-7-10(9-16)12(17-11)13(20-5)21-6;1-16-12-6-5-11(14(17-12)15(21-3)22-4)9-19-8-7-18(2)10-13(19)20;3-2(4,5)1(6)7/h4-5,10,12,15H,6-9,13-14H2,1-3H3,(H2,25,26,28,34);5-11,21H,12-15H2,1-4H3;8-9,18H,10-13H2,1-7H3;7-8,13H,9H2,1-6H3;5-6,15H,7-10H2,1-4H3,(H,16,17);(H,6,7). The van der Waals surface area contributed by atoms with Gasteiger partial charge in [-0.3, -0.25) is 68.5 Å². The highest BCUT2D eigenvalue weighted by atomic mass is 79.9. The Morgan fingerprint density at radius 3 is 1.16 bits per heavy atom. The molecule has 0 spiro atoms. The van der Waals surface area contributed by atoms with Gasteiger partial charge >= 0.3 is 36.5 Å². The number of benzene rings is 1. The number of carbonyl (C=O) groups is 10. The number of methoxy groups -OCH3 is 9. The number of carboxylic acids is 1. The van der Waals surface area contributed by atoms with E-state index in [2.05, 4.69) is 61.8 Å². The largest absolute Gasteiger partial charge is 0.490 e. The second kappa shape index (κ2) is 59.0. The zero-order valence-electron chi connectivity index (χ0n) is 87.1. The molecule has 800 valence electrons. The zero-order chi connectivity index (χ0) is 109. The van der Waals surface area contributed by atoms with Gasteiger partial charge in [0.25, 0.3) is 0 Å². The summed E-state index contributed by atoms with van der Waals surface area (Å²) in [5.41, 5.74) is 6.25. The molecular formula is C97H136BrF3N22O23. The van der Waals surface area contributed by atoms with E-state index in [4.69, 9.17) is 66.7 Å². The smallest absolute Gasteiger partial charge is 0.475 e. The van der Waals surface area contributed by atoms with Crippen LogP contribution in [0.4, 0.5) is 72.9 Å². The maximum absolute atomic E-state index is 12.8. The van der Waals surface area contributed by atoms with Crippen LogP contribution in [0.25, 0.3) is 0 Å². The molecule has 7 aromatic rings. The third-order valence-electron chi connectivity index (χ3n) is 22.0. The molecule has 0 aliphatic carbocycles. The number of carboxylic acid groups (broad SMARTS) is 1. The average Bonchev–Trinajstić information content (AvgIpc) is 0.819. The molecule has 49 heteroatoms. The molecule has 1 aromatic carbocycles. The van der Waals surface area contributed by atoms with E-state index in [9.17, 15) is 61.6 Å². The van der Waals surface area contributed by atoms with E-state index in [1.807, 2.05) is 123 Å². The highest BCUT2D eigenvalue weighted by Gasteiger charge is 2.39. The molecule has 0 atom stereocenters. The fourth-order valence-corrected chi connectivity index (χ4v) is 14.4. The summed E-state index contributed by atoms with van der Waals surface area (Å²) in [5.74, 6) is 0.396. The van der Waals surface area contributed by atoms with E-state index in [0.717, 1.165) is 54.3 Å². The molecule has 146 heavy (non-hydrogen) atoms. The Morgan fingerprint density at radius 2 is 0.829 bits per heavy atom.